The predicted molar refractivity (Wildman–Crippen MR) is 107 cm³/mol. The van der Waals surface area contributed by atoms with Gasteiger partial charge in [0.15, 0.2) is 17.5 Å². The van der Waals surface area contributed by atoms with Crippen LogP contribution in [0.25, 0.3) is 0 Å². The molecule has 3 heterocycles. The van der Waals surface area contributed by atoms with Crippen LogP contribution in [0.1, 0.15) is 31.2 Å². The number of nitrogens with zero attached hydrogens (tertiary/aromatic N) is 4. The first-order valence-corrected chi connectivity index (χ1v) is 10.2. The van der Waals surface area contributed by atoms with E-state index in [1.165, 1.54) is 6.07 Å². The second-order valence-electron chi connectivity index (χ2n) is 8.15. The molecule has 5 rings (SSSR count). The van der Waals surface area contributed by atoms with Crippen LogP contribution in [0.4, 0.5) is 26.2 Å². The van der Waals surface area contributed by atoms with Crippen molar-refractivity contribution in [2.45, 2.75) is 50.5 Å². The second-order valence-corrected chi connectivity index (χ2v) is 8.15. The Balaban J connectivity index is 1.18. The van der Waals surface area contributed by atoms with Crippen LogP contribution in [-0.4, -0.2) is 47.7 Å². The van der Waals surface area contributed by atoms with Crippen LogP contribution >= 0.6 is 0 Å². The lowest BCUT2D eigenvalue weighted by atomic mass is 9.89. The van der Waals surface area contributed by atoms with Crippen LogP contribution in [0.5, 0.6) is 0 Å². The highest BCUT2D eigenvalue weighted by molar-refractivity contribution is 6.04. The van der Waals surface area contributed by atoms with Gasteiger partial charge < -0.3 is 19.9 Å². The third kappa shape index (κ3) is 3.36. The summed E-state index contributed by atoms with van der Waals surface area (Å²) in [6, 6.07) is 3.88. The highest BCUT2D eigenvalue weighted by Crippen LogP contribution is 2.38. The lowest BCUT2D eigenvalue weighted by Gasteiger charge is -2.38. The highest BCUT2D eigenvalue weighted by atomic mass is 19.2. The summed E-state index contributed by atoms with van der Waals surface area (Å²) < 4.78 is 32.0. The van der Waals surface area contributed by atoms with Crippen molar-refractivity contribution in [3.05, 3.63) is 41.6 Å². The zero-order valence-corrected chi connectivity index (χ0v) is 16.6. The molecule has 30 heavy (non-hydrogen) atoms. The fourth-order valence-corrected chi connectivity index (χ4v) is 4.35. The highest BCUT2D eigenvalue weighted by Gasteiger charge is 2.41. The maximum absolute atomic E-state index is 13.3. The van der Waals surface area contributed by atoms with Gasteiger partial charge in [0.05, 0.1) is 18.9 Å². The first-order chi connectivity index (χ1) is 14.5. The number of fused-ring (bicyclic) bond motifs is 3. The summed E-state index contributed by atoms with van der Waals surface area (Å²) in [6.07, 6.45) is 5.17. The minimum absolute atomic E-state index is 0.0555. The van der Waals surface area contributed by atoms with E-state index in [2.05, 4.69) is 15.2 Å². The number of aromatic nitrogens is 2. The zero-order valence-electron chi connectivity index (χ0n) is 16.6. The maximum Gasteiger partial charge on any atom is 0.249 e. The van der Waals surface area contributed by atoms with Crippen molar-refractivity contribution in [2.75, 3.05) is 28.7 Å². The number of hydrogen-bond donors (Lipinski definition) is 1. The molecule has 1 aromatic carbocycles. The summed E-state index contributed by atoms with van der Waals surface area (Å²) in [6.45, 7) is 1.08. The molecule has 2 fully saturated rings. The van der Waals surface area contributed by atoms with Crippen molar-refractivity contribution in [2.24, 2.45) is 0 Å². The van der Waals surface area contributed by atoms with Gasteiger partial charge >= 0.3 is 0 Å². The number of ether oxygens (including phenoxy) is 1. The molecule has 1 amide bonds. The molecule has 2 aliphatic heterocycles. The number of benzene rings is 1. The van der Waals surface area contributed by atoms with E-state index in [0.29, 0.717) is 11.5 Å². The molecule has 0 spiro atoms. The van der Waals surface area contributed by atoms with Crippen LogP contribution in [-0.2, 0) is 16.1 Å². The van der Waals surface area contributed by atoms with E-state index in [4.69, 9.17) is 9.72 Å². The monoisotopic (exact) mass is 415 g/mol. The van der Waals surface area contributed by atoms with Crippen molar-refractivity contribution < 1.29 is 18.3 Å². The van der Waals surface area contributed by atoms with E-state index in [-0.39, 0.29) is 30.7 Å². The number of rotatable bonds is 5. The fourth-order valence-electron chi connectivity index (χ4n) is 4.35. The molecule has 1 atom stereocenters. The summed E-state index contributed by atoms with van der Waals surface area (Å²) in [5, 5.41) is 3.34. The van der Waals surface area contributed by atoms with E-state index in [1.807, 2.05) is 0 Å². The Morgan fingerprint density at radius 1 is 1.27 bits per heavy atom. The van der Waals surface area contributed by atoms with E-state index in [1.54, 1.807) is 18.1 Å². The SMILES string of the molecule is CN1C(=O)[C@@H]2CCCN2c2nc(NC3CC(OCc4ccc(F)c(F)c4)C3)ncc21. The van der Waals surface area contributed by atoms with Gasteiger partial charge in [0.1, 0.15) is 11.7 Å². The molecule has 0 radical (unpaired) electrons. The van der Waals surface area contributed by atoms with Crippen molar-refractivity contribution in [1.82, 2.24) is 9.97 Å². The second kappa shape index (κ2) is 7.46. The Bertz CT molecular complexity index is 982. The Morgan fingerprint density at radius 3 is 2.90 bits per heavy atom. The van der Waals surface area contributed by atoms with Gasteiger partial charge in [-0.25, -0.2) is 13.8 Å². The van der Waals surface area contributed by atoms with Crippen LogP contribution in [0.15, 0.2) is 24.4 Å². The molecule has 0 unspecified atom stereocenters. The third-order valence-electron chi connectivity index (χ3n) is 6.15. The molecule has 2 aromatic rings. The molecule has 1 N–H and O–H groups in total. The number of likely N-dealkylation sites (N-methyl/N-ethyl adjacent to an activating group) is 1. The smallest absolute Gasteiger partial charge is 0.249 e. The lowest BCUT2D eigenvalue weighted by Crippen LogP contribution is -2.49. The van der Waals surface area contributed by atoms with Crippen LogP contribution in [0.3, 0.4) is 0 Å². The molecule has 7 nitrogen and oxygen atoms in total. The van der Waals surface area contributed by atoms with E-state index >= 15 is 0 Å². The molecule has 0 bridgehead atoms. The largest absolute Gasteiger partial charge is 0.373 e. The Morgan fingerprint density at radius 2 is 2.10 bits per heavy atom. The quantitative estimate of drug-likeness (QED) is 0.810. The Kier molecular flexibility index (Phi) is 4.77. The Hall–Kier alpha value is -2.81. The van der Waals surface area contributed by atoms with Gasteiger partial charge in [0, 0.05) is 19.6 Å². The molecular weight excluding hydrogens is 392 g/mol. The number of carbonyl (C=O) groups excluding carboxylic acids is 1. The summed E-state index contributed by atoms with van der Waals surface area (Å²) >= 11 is 0. The number of carbonyl (C=O) groups is 1. The van der Waals surface area contributed by atoms with Crippen molar-refractivity contribution in [3.63, 3.8) is 0 Å². The van der Waals surface area contributed by atoms with Crippen molar-refractivity contribution in [3.8, 4) is 0 Å². The van der Waals surface area contributed by atoms with Crippen molar-refractivity contribution in [1.29, 1.82) is 0 Å². The van der Waals surface area contributed by atoms with Gasteiger partial charge in [0.25, 0.3) is 0 Å². The maximum atomic E-state index is 13.3. The summed E-state index contributed by atoms with van der Waals surface area (Å²) in [5.74, 6) is -0.257. The van der Waals surface area contributed by atoms with Gasteiger partial charge in [-0.3, -0.25) is 4.79 Å². The number of amides is 1. The molecular formula is C21H23F2N5O2. The first-order valence-electron chi connectivity index (χ1n) is 10.2. The standard InChI is InChI=1S/C21H23F2N5O2/c1-27-18-10-24-21(26-19(18)28-6-2-3-17(28)20(27)29)25-13-8-14(9-13)30-11-12-4-5-15(22)16(23)7-12/h4-5,7,10,13-14,17H,2-3,6,8-9,11H2,1H3,(H,24,25,26)/t13?,14?,17-/m0/s1. The van der Waals surface area contributed by atoms with Gasteiger partial charge in [-0.1, -0.05) is 6.07 Å². The lowest BCUT2D eigenvalue weighted by molar-refractivity contribution is -0.119. The zero-order chi connectivity index (χ0) is 20.8. The molecule has 9 heteroatoms. The topological polar surface area (TPSA) is 70.6 Å². The average molecular weight is 415 g/mol. The molecule has 3 aliphatic rings. The fraction of sp³-hybridized carbons (Fsp3) is 0.476. The molecule has 1 aliphatic carbocycles. The number of anilines is 3. The van der Waals surface area contributed by atoms with E-state index in [9.17, 15) is 13.6 Å². The first kappa shape index (κ1) is 19.2. The number of hydrogen-bond acceptors (Lipinski definition) is 6. The predicted octanol–water partition coefficient (Wildman–Crippen LogP) is 2.86. The minimum atomic E-state index is -0.860. The van der Waals surface area contributed by atoms with Crippen molar-refractivity contribution >= 4 is 23.4 Å². The number of halogens is 2. The van der Waals surface area contributed by atoms with Gasteiger partial charge in [-0.05, 0) is 43.4 Å². The van der Waals surface area contributed by atoms with Crippen LogP contribution in [0, 0.1) is 11.6 Å². The van der Waals surface area contributed by atoms with Crippen LogP contribution < -0.4 is 15.1 Å². The molecule has 1 aromatic heterocycles. The molecule has 1 saturated carbocycles. The number of nitrogens with one attached hydrogen (secondary N) is 1. The molecule has 1 saturated heterocycles. The Labute approximate surface area is 173 Å². The van der Waals surface area contributed by atoms with Gasteiger partial charge in [0.2, 0.25) is 11.9 Å². The summed E-state index contributed by atoms with van der Waals surface area (Å²) in [7, 11) is 1.77. The van der Waals surface area contributed by atoms with Gasteiger partial charge in [-0.15, -0.1) is 0 Å². The summed E-state index contributed by atoms with van der Waals surface area (Å²) in [4.78, 5) is 25.3. The van der Waals surface area contributed by atoms with Crippen LogP contribution in [0.2, 0.25) is 0 Å². The average Bonchev–Trinajstić information content (AvgIpc) is 3.20. The van der Waals surface area contributed by atoms with E-state index < -0.39 is 11.6 Å². The third-order valence-corrected chi connectivity index (χ3v) is 6.15. The normalized spacial score (nSPS) is 25.0. The minimum Gasteiger partial charge on any atom is -0.373 e. The van der Waals surface area contributed by atoms with Gasteiger partial charge in [-0.2, -0.15) is 4.98 Å². The summed E-state index contributed by atoms with van der Waals surface area (Å²) in [5.41, 5.74) is 1.35. The van der Waals surface area contributed by atoms with E-state index in [0.717, 1.165) is 55.9 Å². The molecule has 158 valence electrons.